The molecule has 0 saturated carbocycles. The first kappa shape index (κ1) is 26.3. The molecule has 0 aromatic heterocycles. The molecule has 33 heavy (non-hydrogen) atoms. The van der Waals surface area contributed by atoms with Gasteiger partial charge in [-0.1, -0.05) is 19.9 Å². The molecule has 2 aromatic carbocycles. The second-order valence-corrected chi connectivity index (χ2v) is 11.0. The van der Waals surface area contributed by atoms with Crippen molar-refractivity contribution in [1.29, 1.82) is 0 Å². The van der Waals surface area contributed by atoms with Crippen LogP contribution in [-0.2, 0) is 24.8 Å². The summed E-state index contributed by atoms with van der Waals surface area (Å²) in [5.41, 5.74) is 0.978. The number of aryl methyl sites for hydroxylation is 1. The molecule has 10 nitrogen and oxygen atoms in total. The van der Waals surface area contributed by atoms with E-state index >= 15 is 0 Å². The fraction of sp³-hybridized carbons (Fsp3) is 0.333. The Morgan fingerprint density at radius 3 is 2.03 bits per heavy atom. The molecule has 0 unspecified atom stereocenters. The van der Waals surface area contributed by atoms with Crippen LogP contribution in [0.2, 0.25) is 0 Å². The summed E-state index contributed by atoms with van der Waals surface area (Å²) in [4.78, 5) is 24.5. The maximum Gasteiger partial charge on any atom is 0.257 e. The Balaban J connectivity index is 2.48. The molecule has 0 bridgehead atoms. The number of benzene rings is 2. The zero-order valence-corrected chi connectivity index (χ0v) is 20.7. The van der Waals surface area contributed by atoms with E-state index in [1.165, 1.54) is 35.5 Å². The molecule has 2 aromatic rings. The van der Waals surface area contributed by atoms with Gasteiger partial charge in [0.25, 0.3) is 5.91 Å². The van der Waals surface area contributed by atoms with Crippen LogP contribution in [0.3, 0.4) is 0 Å². The number of nitrogens with zero attached hydrogens (tertiary/aromatic N) is 1. The van der Waals surface area contributed by atoms with Gasteiger partial charge >= 0.3 is 0 Å². The zero-order chi connectivity index (χ0) is 25.0. The van der Waals surface area contributed by atoms with Gasteiger partial charge in [-0.15, -0.1) is 0 Å². The average molecular weight is 497 g/mol. The molecule has 2 amide bonds. The van der Waals surface area contributed by atoms with Crippen molar-refractivity contribution in [2.75, 3.05) is 34.7 Å². The molecule has 3 N–H and O–H groups in total. The van der Waals surface area contributed by atoms with E-state index in [9.17, 15) is 26.4 Å². The lowest BCUT2D eigenvalue weighted by Gasteiger charge is -2.20. The number of amides is 2. The highest BCUT2D eigenvalue weighted by atomic mass is 32.2. The highest BCUT2D eigenvalue weighted by Crippen LogP contribution is 2.26. The molecular formula is C21H28N4O6S2. The molecule has 0 saturated heterocycles. The van der Waals surface area contributed by atoms with E-state index in [1.54, 1.807) is 32.9 Å². The molecule has 180 valence electrons. The number of carbonyl (C=O) groups is 2. The summed E-state index contributed by atoms with van der Waals surface area (Å²) in [5, 5.41) is 5.14. The van der Waals surface area contributed by atoms with Crippen molar-refractivity contribution in [3.63, 3.8) is 0 Å². The van der Waals surface area contributed by atoms with Crippen LogP contribution in [0.5, 0.6) is 0 Å². The summed E-state index contributed by atoms with van der Waals surface area (Å²) >= 11 is 0. The third-order valence-corrected chi connectivity index (χ3v) is 7.43. The summed E-state index contributed by atoms with van der Waals surface area (Å²) in [6.07, 6.45) is 0.945. The van der Waals surface area contributed by atoms with Gasteiger partial charge in [0.05, 0.1) is 22.4 Å². The second kappa shape index (κ2) is 10.3. The van der Waals surface area contributed by atoms with Gasteiger partial charge in [0, 0.05) is 31.4 Å². The molecule has 0 heterocycles. The summed E-state index contributed by atoms with van der Waals surface area (Å²) in [5.74, 6) is -1.06. The van der Waals surface area contributed by atoms with Crippen molar-refractivity contribution >= 4 is 48.9 Å². The van der Waals surface area contributed by atoms with E-state index in [-0.39, 0.29) is 27.7 Å². The van der Waals surface area contributed by atoms with Gasteiger partial charge in [-0.05, 0) is 42.8 Å². The van der Waals surface area contributed by atoms with E-state index in [0.29, 0.717) is 24.3 Å². The van der Waals surface area contributed by atoms with Gasteiger partial charge in [-0.25, -0.2) is 16.8 Å². The topological polar surface area (TPSA) is 142 Å². The monoisotopic (exact) mass is 496 g/mol. The lowest BCUT2D eigenvalue weighted by atomic mass is 10.1. The standard InChI is InChI=1S/C21H28N4O6S2/c1-6-25(7-2)33(30,31)20-13-17(9-8-14(20)3)23-21(27)18-12-16(22-15(4)26)10-11-19(18)24-32(5,28)29/h8-13,24H,6-7H2,1-5H3,(H,22,26)(H,23,27). The fourth-order valence-corrected chi connectivity index (χ4v) is 5.44. The predicted octanol–water partition coefficient (Wildman–Crippen LogP) is 2.61. The SMILES string of the molecule is CCN(CC)S(=O)(=O)c1cc(NC(=O)c2cc(NC(C)=O)ccc2NS(C)(=O)=O)ccc1C. The van der Waals surface area contributed by atoms with Crippen LogP contribution in [0.25, 0.3) is 0 Å². The number of sulfonamides is 2. The minimum absolute atomic E-state index is 0.00667. The maximum absolute atomic E-state index is 13.0. The molecule has 0 spiro atoms. The summed E-state index contributed by atoms with van der Waals surface area (Å²) < 4.78 is 53.0. The van der Waals surface area contributed by atoms with Crippen LogP contribution >= 0.6 is 0 Å². The van der Waals surface area contributed by atoms with Crippen molar-refractivity contribution < 1.29 is 26.4 Å². The maximum atomic E-state index is 13.0. The van der Waals surface area contributed by atoms with Gasteiger partial charge in [0.1, 0.15) is 0 Å². The Bertz CT molecular complexity index is 1270. The molecule has 0 atom stereocenters. The Labute approximate surface area is 194 Å². The Morgan fingerprint density at radius 2 is 1.48 bits per heavy atom. The highest BCUT2D eigenvalue weighted by molar-refractivity contribution is 7.92. The highest BCUT2D eigenvalue weighted by Gasteiger charge is 2.24. The Kier molecular flexibility index (Phi) is 8.22. The number of rotatable bonds is 9. The first-order valence-corrected chi connectivity index (χ1v) is 13.4. The van der Waals surface area contributed by atoms with Crippen molar-refractivity contribution in [3.8, 4) is 0 Å². The molecule has 0 fully saturated rings. The average Bonchev–Trinajstić information content (AvgIpc) is 2.69. The number of carbonyl (C=O) groups excluding carboxylic acids is 2. The first-order valence-electron chi connectivity index (χ1n) is 10.1. The Hall–Kier alpha value is -2.96. The summed E-state index contributed by atoms with van der Waals surface area (Å²) in [7, 11) is -7.46. The van der Waals surface area contributed by atoms with Crippen molar-refractivity contribution in [1.82, 2.24) is 4.31 Å². The van der Waals surface area contributed by atoms with Gasteiger partial charge in [-0.2, -0.15) is 4.31 Å². The molecule has 2 rings (SSSR count). The molecular weight excluding hydrogens is 468 g/mol. The molecule has 0 aliphatic heterocycles. The number of anilines is 3. The fourth-order valence-electron chi connectivity index (χ4n) is 3.16. The van der Waals surface area contributed by atoms with Crippen LogP contribution in [0, 0.1) is 6.92 Å². The van der Waals surface area contributed by atoms with E-state index in [1.807, 2.05) is 0 Å². The molecule has 0 aliphatic rings. The lowest BCUT2D eigenvalue weighted by molar-refractivity contribution is -0.114. The third-order valence-electron chi connectivity index (χ3n) is 4.65. The van der Waals surface area contributed by atoms with Gasteiger partial charge < -0.3 is 10.6 Å². The predicted molar refractivity (Wildman–Crippen MR) is 128 cm³/mol. The quantitative estimate of drug-likeness (QED) is 0.487. The van der Waals surface area contributed by atoms with Gasteiger partial charge in [0.15, 0.2) is 0 Å². The summed E-state index contributed by atoms with van der Waals surface area (Å²) in [6.45, 7) is 7.02. The van der Waals surface area contributed by atoms with Gasteiger partial charge in [-0.3, -0.25) is 14.3 Å². The zero-order valence-electron chi connectivity index (χ0n) is 19.1. The number of hydrogen-bond acceptors (Lipinski definition) is 6. The smallest absolute Gasteiger partial charge is 0.257 e. The van der Waals surface area contributed by atoms with Crippen LogP contribution in [-0.4, -0.2) is 52.3 Å². The van der Waals surface area contributed by atoms with E-state index < -0.39 is 26.0 Å². The first-order chi connectivity index (χ1) is 15.3. The largest absolute Gasteiger partial charge is 0.326 e. The third kappa shape index (κ3) is 6.76. The lowest BCUT2D eigenvalue weighted by Crippen LogP contribution is -2.31. The number of nitrogens with one attached hydrogen (secondary N) is 3. The van der Waals surface area contributed by atoms with Gasteiger partial charge in [0.2, 0.25) is 26.0 Å². The van der Waals surface area contributed by atoms with E-state index in [2.05, 4.69) is 15.4 Å². The minimum atomic E-state index is -3.76. The van der Waals surface area contributed by atoms with Crippen molar-refractivity contribution in [3.05, 3.63) is 47.5 Å². The van der Waals surface area contributed by atoms with Crippen LogP contribution in [0.1, 0.15) is 36.7 Å². The van der Waals surface area contributed by atoms with E-state index in [0.717, 1.165) is 6.26 Å². The Morgan fingerprint density at radius 1 is 0.909 bits per heavy atom. The normalized spacial score (nSPS) is 11.8. The van der Waals surface area contributed by atoms with Crippen LogP contribution in [0.15, 0.2) is 41.3 Å². The molecule has 0 radical (unpaired) electrons. The second-order valence-electron chi connectivity index (χ2n) is 7.34. The molecule has 0 aliphatic carbocycles. The van der Waals surface area contributed by atoms with E-state index in [4.69, 9.17) is 0 Å². The van der Waals surface area contributed by atoms with Crippen LogP contribution in [0.4, 0.5) is 17.1 Å². The number of hydrogen-bond donors (Lipinski definition) is 3. The van der Waals surface area contributed by atoms with Crippen LogP contribution < -0.4 is 15.4 Å². The minimum Gasteiger partial charge on any atom is -0.326 e. The van der Waals surface area contributed by atoms with Crippen molar-refractivity contribution in [2.45, 2.75) is 32.6 Å². The summed E-state index contributed by atoms with van der Waals surface area (Å²) in [6, 6.07) is 8.62. The van der Waals surface area contributed by atoms with Crippen molar-refractivity contribution in [2.24, 2.45) is 0 Å². The molecule has 12 heteroatoms.